The Hall–Kier alpha value is -2.14. The van der Waals surface area contributed by atoms with Gasteiger partial charge in [-0.1, -0.05) is 46.3 Å². The molecule has 0 aliphatic heterocycles. The van der Waals surface area contributed by atoms with Crippen LogP contribution in [0.4, 0.5) is 0 Å². The van der Waals surface area contributed by atoms with Gasteiger partial charge in [-0.25, -0.2) is 0 Å². The van der Waals surface area contributed by atoms with Crippen molar-refractivity contribution < 1.29 is 9.59 Å². The van der Waals surface area contributed by atoms with E-state index in [9.17, 15) is 9.59 Å². The average Bonchev–Trinajstić information content (AvgIpc) is 2.62. The standard InChI is InChI=1S/C22H27BrN2O2/c1-5-24-22(27)17(4)25(14-19-7-6-8-20(23)12-19)21(26)13-18-10-9-15(2)16(3)11-18/h6-12,17H,5,13-14H2,1-4H3,(H,24,27)/t17-/m0/s1. The van der Waals surface area contributed by atoms with Crippen LogP contribution in [-0.2, 0) is 22.6 Å². The number of carbonyl (C=O) groups is 2. The highest BCUT2D eigenvalue weighted by Crippen LogP contribution is 2.17. The maximum Gasteiger partial charge on any atom is 0.242 e. The minimum Gasteiger partial charge on any atom is -0.355 e. The van der Waals surface area contributed by atoms with Crippen LogP contribution in [0, 0.1) is 13.8 Å². The topological polar surface area (TPSA) is 49.4 Å². The Labute approximate surface area is 170 Å². The van der Waals surface area contributed by atoms with E-state index in [-0.39, 0.29) is 18.2 Å². The first-order valence-corrected chi connectivity index (χ1v) is 9.99. The molecule has 0 heterocycles. The molecule has 2 aromatic rings. The van der Waals surface area contributed by atoms with Crippen LogP contribution < -0.4 is 5.32 Å². The van der Waals surface area contributed by atoms with Crippen molar-refractivity contribution in [2.45, 2.75) is 46.7 Å². The molecular weight excluding hydrogens is 404 g/mol. The summed E-state index contributed by atoms with van der Waals surface area (Å²) >= 11 is 3.47. The lowest BCUT2D eigenvalue weighted by Crippen LogP contribution is -2.48. The van der Waals surface area contributed by atoms with Crippen LogP contribution >= 0.6 is 15.9 Å². The Morgan fingerprint density at radius 3 is 2.44 bits per heavy atom. The average molecular weight is 431 g/mol. The van der Waals surface area contributed by atoms with Crippen LogP contribution in [0.5, 0.6) is 0 Å². The summed E-state index contributed by atoms with van der Waals surface area (Å²) in [5.41, 5.74) is 4.31. The SMILES string of the molecule is CCNC(=O)[C@H](C)N(Cc1cccc(Br)c1)C(=O)Cc1ccc(C)c(C)c1. The predicted octanol–water partition coefficient (Wildman–Crippen LogP) is 4.16. The molecule has 0 aromatic heterocycles. The summed E-state index contributed by atoms with van der Waals surface area (Å²) in [6.07, 6.45) is 0.277. The van der Waals surface area contributed by atoms with E-state index in [1.807, 2.05) is 56.3 Å². The van der Waals surface area contributed by atoms with E-state index in [1.165, 1.54) is 5.56 Å². The summed E-state index contributed by atoms with van der Waals surface area (Å²) in [5.74, 6) is -0.196. The van der Waals surface area contributed by atoms with Crippen molar-refractivity contribution in [3.63, 3.8) is 0 Å². The number of benzene rings is 2. The Bertz CT molecular complexity index is 820. The maximum atomic E-state index is 13.1. The number of nitrogens with one attached hydrogen (secondary N) is 1. The van der Waals surface area contributed by atoms with E-state index in [0.717, 1.165) is 21.2 Å². The van der Waals surface area contributed by atoms with Crippen molar-refractivity contribution in [2.75, 3.05) is 6.54 Å². The van der Waals surface area contributed by atoms with Gasteiger partial charge in [-0.15, -0.1) is 0 Å². The van der Waals surface area contributed by atoms with E-state index in [4.69, 9.17) is 0 Å². The smallest absolute Gasteiger partial charge is 0.242 e. The Kier molecular flexibility index (Phi) is 7.60. The molecule has 5 heteroatoms. The third kappa shape index (κ3) is 5.93. The summed E-state index contributed by atoms with van der Waals surface area (Å²) in [6.45, 7) is 8.68. The highest BCUT2D eigenvalue weighted by molar-refractivity contribution is 9.10. The van der Waals surface area contributed by atoms with Crippen LogP contribution in [0.15, 0.2) is 46.9 Å². The van der Waals surface area contributed by atoms with Gasteiger partial charge in [-0.3, -0.25) is 9.59 Å². The number of hydrogen-bond donors (Lipinski definition) is 1. The first kappa shape index (κ1) is 21.2. The second kappa shape index (κ2) is 9.70. The predicted molar refractivity (Wildman–Crippen MR) is 112 cm³/mol. The van der Waals surface area contributed by atoms with Crippen molar-refractivity contribution in [2.24, 2.45) is 0 Å². The Morgan fingerprint density at radius 1 is 1.07 bits per heavy atom. The molecule has 1 atom stereocenters. The second-order valence-electron chi connectivity index (χ2n) is 6.82. The molecule has 0 unspecified atom stereocenters. The molecule has 0 saturated carbocycles. The lowest BCUT2D eigenvalue weighted by atomic mass is 10.0. The molecule has 2 amide bonds. The van der Waals surface area contributed by atoms with Gasteiger partial charge in [0.1, 0.15) is 6.04 Å². The van der Waals surface area contributed by atoms with E-state index < -0.39 is 6.04 Å². The van der Waals surface area contributed by atoms with Gasteiger partial charge < -0.3 is 10.2 Å². The lowest BCUT2D eigenvalue weighted by Gasteiger charge is -2.29. The van der Waals surface area contributed by atoms with Gasteiger partial charge in [0.2, 0.25) is 11.8 Å². The minimum atomic E-state index is -0.539. The molecular formula is C22H27BrN2O2. The molecule has 0 spiro atoms. The van der Waals surface area contributed by atoms with Crippen molar-refractivity contribution in [3.8, 4) is 0 Å². The largest absolute Gasteiger partial charge is 0.355 e. The summed E-state index contributed by atoms with van der Waals surface area (Å²) in [4.78, 5) is 27.1. The number of hydrogen-bond acceptors (Lipinski definition) is 2. The third-order valence-corrected chi connectivity index (χ3v) is 5.18. The number of amides is 2. The zero-order valence-electron chi connectivity index (χ0n) is 16.4. The fourth-order valence-electron chi connectivity index (χ4n) is 2.93. The van der Waals surface area contributed by atoms with Crippen LogP contribution in [-0.4, -0.2) is 29.3 Å². The van der Waals surface area contributed by atoms with Gasteiger partial charge >= 0.3 is 0 Å². The first-order valence-electron chi connectivity index (χ1n) is 9.19. The van der Waals surface area contributed by atoms with Crippen LogP contribution in [0.1, 0.15) is 36.1 Å². The zero-order valence-corrected chi connectivity index (χ0v) is 18.0. The second-order valence-corrected chi connectivity index (χ2v) is 7.73. The van der Waals surface area contributed by atoms with Gasteiger partial charge in [0.15, 0.2) is 0 Å². The molecule has 0 bridgehead atoms. The quantitative estimate of drug-likeness (QED) is 0.716. The molecule has 144 valence electrons. The number of rotatable bonds is 7. The Morgan fingerprint density at radius 2 is 1.81 bits per heavy atom. The number of nitrogens with zero attached hydrogens (tertiary/aromatic N) is 1. The normalized spacial score (nSPS) is 11.7. The van der Waals surface area contributed by atoms with E-state index in [0.29, 0.717) is 13.1 Å². The van der Waals surface area contributed by atoms with E-state index >= 15 is 0 Å². The fourth-order valence-corrected chi connectivity index (χ4v) is 3.37. The zero-order chi connectivity index (χ0) is 20.0. The van der Waals surface area contributed by atoms with Gasteiger partial charge in [0.25, 0.3) is 0 Å². The molecule has 0 aliphatic rings. The maximum absolute atomic E-state index is 13.1. The molecule has 2 aromatic carbocycles. The number of halogens is 1. The first-order chi connectivity index (χ1) is 12.8. The lowest BCUT2D eigenvalue weighted by molar-refractivity contribution is -0.140. The fraction of sp³-hybridized carbons (Fsp3) is 0.364. The summed E-state index contributed by atoms with van der Waals surface area (Å²) in [5, 5.41) is 2.82. The number of carbonyl (C=O) groups excluding carboxylic acids is 2. The number of aryl methyl sites for hydroxylation is 2. The van der Waals surface area contributed by atoms with E-state index in [2.05, 4.69) is 28.2 Å². The van der Waals surface area contributed by atoms with Crippen LogP contribution in [0.25, 0.3) is 0 Å². The monoisotopic (exact) mass is 430 g/mol. The highest BCUT2D eigenvalue weighted by Gasteiger charge is 2.26. The van der Waals surface area contributed by atoms with Gasteiger partial charge in [-0.05, 0) is 62.1 Å². The third-order valence-electron chi connectivity index (χ3n) is 4.69. The molecule has 1 N–H and O–H groups in total. The summed E-state index contributed by atoms with van der Waals surface area (Å²) in [7, 11) is 0. The summed E-state index contributed by atoms with van der Waals surface area (Å²) in [6, 6.07) is 13.3. The molecule has 0 fully saturated rings. The van der Waals surface area contributed by atoms with E-state index in [1.54, 1.807) is 11.8 Å². The molecule has 0 radical (unpaired) electrons. The minimum absolute atomic E-state index is 0.0584. The van der Waals surface area contributed by atoms with Gasteiger partial charge in [0, 0.05) is 17.6 Å². The number of likely N-dealkylation sites (N-methyl/N-ethyl adjacent to an activating group) is 1. The van der Waals surface area contributed by atoms with Crippen molar-refractivity contribution in [1.29, 1.82) is 0 Å². The van der Waals surface area contributed by atoms with Crippen LogP contribution in [0.2, 0.25) is 0 Å². The van der Waals surface area contributed by atoms with Gasteiger partial charge in [0.05, 0.1) is 6.42 Å². The molecule has 0 saturated heterocycles. The molecule has 27 heavy (non-hydrogen) atoms. The molecule has 0 aliphatic carbocycles. The molecule has 4 nitrogen and oxygen atoms in total. The molecule has 2 rings (SSSR count). The Balaban J connectivity index is 2.25. The van der Waals surface area contributed by atoms with Crippen LogP contribution in [0.3, 0.4) is 0 Å². The van der Waals surface area contributed by atoms with Crippen molar-refractivity contribution in [3.05, 3.63) is 69.2 Å². The highest BCUT2D eigenvalue weighted by atomic mass is 79.9. The van der Waals surface area contributed by atoms with Crippen molar-refractivity contribution in [1.82, 2.24) is 10.2 Å². The summed E-state index contributed by atoms with van der Waals surface area (Å²) < 4.78 is 0.951. The van der Waals surface area contributed by atoms with Crippen molar-refractivity contribution >= 4 is 27.7 Å². The van der Waals surface area contributed by atoms with Gasteiger partial charge in [-0.2, -0.15) is 0 Å².